The first-order valence-corrected chi connectivity index (χ1v) is 6.84. The van der Waals surface area contributed by atoms with Gasteiger partial charge < -0.3 is 5.11 Å². The number of para-hydroxylation sites is 1. The summed E-state index contributed by atoms with van der Waals surface area (Å²) < 4.78 is 39.0. The Morgan fingerprint density at radius 2 is 2.16 bits per heavy atom. The molecule has 0 saturated heterocycles. The van der Waals surface area contributed by atoms with Crippen LogP contribution in [0, 0.1) is 15.9 Å². The Labute approximate surface area is 109 Å². The van der Waals surface area contributed by atoms with Crippen molar-refractivity contribution < 1.29 is 22.8 Å². The second-order valence-corrected chi connectivity index (χ2v) is 5.61. The third-order valence-corrected chi connectivity index (χ3v) is 3.77. The summed E-state index contributed by atoms with van der Waals surface area (Å²) in [5.74, 6) is -1.22. The zero-order valence-corrected chi connectivity index (χ0v) is 10.9. The lowest BCUT2D eigenvalue weighted by Gasteiger charge is -2.08. The van der Waals surface area contributed by atoms with Crippen molar-refractivity contribution in [2.45, 2.75) is 24.3 Å². The molecule has 0 saturated carbocycles. The van der Waals surface area contributed by atoms with Crippen molar-refractivity contribution in [3.8, 4) is 0 Å². The Bertz CT molecular complexity index is 573. The molecule has 7 nitrogen and oxygen atoms in total. The molecule has 0 fully saturated rings. The van der Waals surface area contributed by atoms with Crippen LogP contribution < -0.4 is 4.72 Å². The average Bonchev–Trinajstić information content (AvgIpc) is 2.27. The fourth-order valence-corrected chi connectivity index (χ4v) is 2.60. The maximum Gasteiger partial charge on any atom is 0.324 e. The van der Waals surface area contributed by atoms with Crippen molar-refractivity contribution in [3.05, 3.63) is 34.1 Å². The van der Waals surface area contributed by atoms with Crippen molar-refractivity contribution in [2.75, 3.05) is 6.54 Å². The summed E-state index contributed by atoms with van der Waals surface area (Å²) in [7, 11) is -4.20. The zero-order chi connectivity index (χ0) is 14.6. The highest BCUT2D eigenvalue weighted by molar-refractivity contribution is 7.89. The molecule has 0 aliphatic heterocycles. The van der Waals surface area contributed by atoms with Gasteiger partial charge in [-0.1, -0.05) is 6.07 Å². The SMILES string of the molecule is CC(O)CCNS(=O)(=O)c1cccc(F)c1[N+](=O)[O-]. The molecule has 2 N–H and O–H groups in total. The molecule has 1 aromatic carbocycles. The Morgan fingerprint density at radius 3 is 2.68 bits per heavy atom. The highest BCUT2D eigenvalue weighted by Crippen LogP contribution is 2.26. The van der Waals surface area contributed by atoms with Crippen LogP contribution in [0.3, 0.4) is 0 Å². The molecule has 0 bridgehead atoms. The van der Waals surface area contributed by atoms with E-state index in [1.165, 1.54) is 6.92 Å². The van der Waals surface area contributed by atoms with Crippen molar-refractivity contribution in [2.24, 2.45) is 0 Å². The number of nitrogens with one attached hydrogen (secondary N) is 1. The van der Waals surface area contributed by atoms with Gasteiger partial charge in [0.15, 0.2) is 4.90 Å². The lowest BCUT2D eigenvalue weighted by Crippen LogP contribution is -2.27. The molecular weight excluding hydrogens is 279 g/mol. The summed E-state index contributed by atoms with van der Waals surface area (Å²) in [5.41, 5.74) is -1.09. The Kier molecular flexibility index (Phi) is 4.92. The van der Waals surface area contributed by atoms with E-state index in [2.05, 4.69) is 4.72 Å². The maximum absolute atomic E-state index is 13.3. The van der Waals surface area contributed by atoms with Gasteiger partial charge in [-0.15, -0.1) is 0 Å². The van der Waals surface area contributed by atoms with Gasteiger partial charge in [-0.25, -0.2) is 13.1 Å². The largest absolute Gasteiger partial charge is 0.393 e. The number of rotatable bonds is 6. The average molecular weight is 292 g/mol. The van der Waals surface area contributed by atoms with Crippen molar-refractivity contribution >= 4 is 15.7 Å². The van der Waals surface area contributed by atoms with Crippen LogP contribution in [0.1, 0.15) is 13.3 Å². The van der Waals surface area contributed by atoms with Crippen LogP contribution in [0.25, 0.3) is 0 Å². The highest BCUT2D eigenvalue weighted by atomic mass is 32.2. The van der Waals surface area contributed by atoms with Gasteiger partial charge in [0.05, 0.1) is 11.0 Å². The maximum atomic E-state index is 13.3. The lowest BCUT2D eigenvalue weighted by molar-refractivity contribution is -0.390. The van der Waals surface area contributed by atoms with E-state index < -0.39 is 37.5 Å². The van der Waals surface area contributed by atoms with Crippen LogP contribution in [0.15, 0.2) is 23.1 Å². The van der Waals surface area contributed by atoms with E-state index in [-0.39, 0.29) is 13.0 Å². The summed E-state index contributed by atoms with van der Waals surface area (Å²) >= 11 is 0. The molecule has 9 heteroatoms. The molecule has 0 aromatic heterocycles. The summed E-state index contributed by atoms with van der Waals surface area (Å²) in [6, 6.07) is 2.84. The monoisotopic (exact) mass is 292 g/mol. The molecule has 0 spiro atoms. The Morgan fingerprint density at radius 1 is 1.53 bits per heavy atom. The number of nitro groups is 1. The molecule has 106 valence electrons. The van der Waals surface area contributed by atoms with E-state index >= 15 is 0 Å². The number of hydrogen-bond donors (Lipinski definition) is 2. The zero-order valence-electron chi connectivity index (χ0n) is 10.0. The number of aliphatic hydroxyl groups excluding tert-OH is 1. The van der Waals surface area contributed by atoms with Gasteiger partial charge in [0, 0.05) is 6.54 Å². The molecular formula is C10H13FN2O5S. The van der Waals surface area contributed by atoms with Gasteiger partial charge in [0.2, 0.25) is 15.8 Å². The molecule has 0 amide bonds. The predicted molar refractivity (Wildman–Crippen MR) is 64.5 cm³/mol. The molecule has 0 aliphatic carbocycles. The second kappa shape index (κ2) is 6.04. The highest BCUT2D eigenvalue weighted by Gasteiger charge is 2.28. The molecule has 1 unspecified atom stereocenters. The third kappa shape index (κ3) is 3.94. The lowest BCUT2D eigenvalue weighted by atomic mass is 10.3. The topological polar surface area (TPSA) is 110 Å². The van der Waals surface area contributed by atoms with Gasteiger partial charge in [0.1, 0.15) is 0 Å². The minimum Gasteiger partial charge on any atom is -0.393 e. The van der Waals surface area contributed by atoms with Crippen LogP contribution >= 0.6 is 0 Å². The number of hydrogen-bond acceptors (Lipinski definition) is 5. The normalized spacial score (nSPS) is 13.2. The fourth-order valence-electron chi connectivity index (χ4n) is 1.37. The Balaban J connectivity index is 3.08. The summed E-state index contributed by atoms with van der Waals surface area (Å²) in [4.78, 5) is 8.89. The Hall–Kier alpha value is -1.58. The van der Waals surface area contributed by atoms with Crippen molar-refractivity contribution in [1.29, 1.82) is 0 Å². The smallest absolute Gasteiger partial charge is 0.324 e. The predicted octanol–water partition coefficient (Wildman–Crippen LogP) is 0.783. The number of nitro benzene ring substituents is 1. The van der Waals surface area contributed by atoms with E-state index in [1.54, 1.807) is 0 Å². The molecule has 0 heterocycles. The first kappa shape index (κ1) is 15.5. The fraction of sp³-hybridized carbons (Fsp3) is 0.400. The third-order valence-electron chi connectivity index (χ3n) is 2.28. The van der Waals surface area contributed by atoms with E-state index in [9.17, 15) is 22.9 Å². The van der Waals surface area contributed by atoms with Crippen LogP contribution in [0.4, 0.5) is 10.1 Å². The summed E-state index contributed by atoms with van der Waals surface area (Å²) in [5, 5.41) is 19.7. The minimum atomic E-state index is -4.20. The van der Waals surface area contributed by atoms with Crippen LogP contribution in [-0.4, -0.2) is 31.1 Å². The molecule has 0 radical (unpaired) electrons. The quantitative estimate of drug-likeness (QED) is 0.595. The van der Waals surface area contributed by atoms with E-state index in [1.807, 2.05) is 0 Å². The van der Waals surface area contributed by atoms with Gasteiger partial charge in [-0.3, -0.25) is 10.1 Å². The van der Waals surface area contributed by atoms with Crippen LogP contribution in [0.2, 0.25) is 0 Å². The number of halogens is 1. The number of sulfonamides is 1. The molecule has 1 atom stereocenters. The van der Waals surface area contributed by atoms with Gasteiger partial charge in [-0.2, -0.15) is 4.39 Å². The van der Waals surface area contributed by atoms with Crippen molar-refractivity contribution in [1.82, 2.24) is 4.72 Å². The first-order valence-electron chi connectivity index (χ1n) is 5.36. The minimum absolute atomic E-state index is 0.104. The summed E-state index contributed by atoms with van der Waals surface area (Å²) in [6.07, 6.45) is -0.576. The number of nitrogens with zero attached hydrogens (tertiary/aromatic N) is 1. The van der Waals surface area contributed by atoms with E-state index in [4.69, 9.17) is 5.11 Å². The first-order chi connectivity index (χ1) is 8.75. The molecule has 19 heavy (non-hydrogen) atoms. The number of benzene rings is 1. The van der Waals surface area contributed by atoms with E-state index in [0.717, 1.165) is 18.2 Å². The van der Waals surface area contributed by atoms with Crippen molar-refractivity contribution in [3.63, 3.8) is 0 Å². The molecule has 1 rings (SSSR count). The van der Waals surface area contributed by atoms with Crippen LogP contribution in [-0.2, 0) is 10.0 Å². The van der Waals surface area contributed by atoms with Crippen LogP contribution in [0.5, 0.6) is 0 Å². The second-order valence-electron chi connectivity index (χ2n) is 3.88. The summed E-state index contributed by atoms with van der Waals surface area (Å²) in [6.45, 7) is 1.37. The number of aliphatic hydroxyl groups is 1. The van der Waals surface area contributed by atoms with Gasteiger partial charge in [0.25, 0.3) is 0 Å². The molecule has 0 aliphatic rings. The standard InChI is InChI=1S/C10H13FN2O5S/c1-7(14)5-6-12-19(17,18)9-4-2-3-8(11)10(9)13(15)16/h2-4,7,12,14H,5-6H2,1H3. The molecule has 1 aromatic rings. The van der Waals surface area contributed by atoms with E-state index in [0.29, 0.717) is 0 Å². The van der Waals surface area contributed by atoms with Gasteiger partial charge >= 0.3 is 5.69 Å². The van der Waals surface area contributed by atoms with Gasteiger partial charge in [-0.05, 0) is 25.5 Å².